The third kappa shape index (κ3) is 2.91. The summed E-state index contributed by atoms with van der Waals surface area (Å²) in [6.07, 6.45) is 0. The Hall–Kier alpha value is -2.23. The minimum absolute atomic E-state index is 0.207. The number of halogens is 1. The molecule has 0 amide bonds. The SMILES string of the molecule is CN(Cc1cc(N)cc(F)c1)c1cccc(O)c1. The van der Waals surface area contributed by atoms with Gasteiger partial charge in [-0.25, -0.2) is 4.39 Å². The van der Waals surface area contributed by atoms with Gasteiger partial charge in [-0.1, -0.05) is 6.07 Å². The van der Waals surface area contributed by atoms with Gasteiger partial charge < -0.3 is 15.7 Å². The summed E-state index contributed by atoms with van der Waals surface area (Å²) < 4.78 is 13.2. The second-order valence-electron chi connectivity index (χ2n) is 4.27. The van der Waals surface area contributed by atoms with Crippen molar-refractivity contribution >= 4 is 11.4 Å². The van der Waals surface area contributed by atoms with E-state index < -0.39 is 0 Å². The van der Waals surface area contributed by atoms with Gasteiger partial charge in [0.25, 0.3) is 0 Å². The minimum atomic E-state index is -0.339. The number of phenolic OH excluding ortho intramolecular Hbond substituents is 1. The number of nitrogens with zero attached hydrogens (tertiary/aromatic N) is 1. The molecule has 2 rings (SSSR count). The molecule has 0 aromatic heterocycles. The van der Waals surface area contributed by atoms with E-state index in [1.165, 1.54) is 12.1 Å². The van der Waals surface area contributed by atoms with Crippen molar-refractivity contribution in [2.45, 2.75) is 6.54 Å². The molecule has 0 aliphatic heterocycles. The van der Waals surface area contributed by atoms with Crippen LogP contribution in [0.15, 0.2) is 42.5 Å². The molecule has 0 fully saturated rings. The number of nitrogens with two attached hydrogens (primary N) is 1. The molecule has 0 atom stereocenters. The summed E-state index contributed by atoms with van der Waals surface area (Å²) in [4.78, 5) is 1.91. The predicted molar refractivity (Wildman–Crippen MR) is 71.0 cm³/mol. The number of phenols is 1. The van der Waals surface area contributed by atoms with Gasteiger partial charge in [0.15, 0.2) is 0 Å². The number of aromatic hydroxyl groups is 1. The van der Waals surface area contributed by atoms with Crippen molar-refractivity contribution in [3.8, 4) is 5.75 Å². The van der Waals surface area contributed by atoms with Gasteiger partial charge in [-0.15, -0.1) is 0 Å². The third-order valence-electron chi connectivity index (χ3n) is 2.67. The Kier molecular flexibility index (Phi) is 3.37. The van der Waals surface area contributed by atoms with Crippen molar-refractivity contribution in [1.29, 1.82) is 0 Å². The molecule has 2 aromatic carbocycles. The molecule has 0 heterocycles. The Labute approximate surface area is 105 Å². The third-order valence-corrected chi connectivity index (χ3v) is 2.67. The number of hydrogen-bond acceptors (Lipinski definition) is 3. The minimum Gasteiger partial charge on any atom is -0.508 e. The zero-order chi connectivity index (χ0) is 13.1. The lowest BCUT2D eigenvalue weighted by molar-refractivity contribution is 0.475. The average Bonchev–Trinajstić information content (AvgIpc) is 2.27. The number of nitrogen functional groups attached to an aromatic ring is 1. The highest BCUT2D eigenvalue weighted by Gasteiger charge is 2.05. The molecule has 0 saturated heterocycles. The lowest BCUT2D eigenvalue weighted by atomic mass is 10.1. The van der Waals surface area contributed by atoms with Gasteiger partial charge in [0.2, 0.25) is 0 Å². The van der Waals surface area contributed by atoms with E-state index in [0.29, 0.717) is 12.2 Å². The summed E-state index contributed by atoms with van der Waals surface area (Å²) in [6.45, 7) is 0.519. The van der Waals surface area contributed by atoms with E-state index in [4.69, 9.17) is 5.73 Å². The molecule has 4 heteroatoms. The second kappa shape index (κ2) is 4.96. The van der Waals surface area contributed by atoms with E-state index >= 15 is 0 Å². The van der Waals surface area contributed by atoms with Crippen LogP contribution in [0, 0.1) is 5.82 Å². The normalized spacial score (nSPS) is 10.3. The van der Waals surface area contributed by atoms with Gasteiger partial charge in [-0.3, -0.25) is 0 Å². The Morgan fingerprint density at radius 3 is 2.67 bits per heavy atom. The van der Waals surface area contributed by atoms with Crippen molar-refractivity contribution in [1.82, 2.24) is 0 Å². The smallest absolute Gasteiger partial charge is 0.125 e. The van der Waals surface area contributed by atoms with Crippen molar-refractivity contribution in [2.24, 2.45) is 0 Å². The highest BCUT2D eigenvalue weighted by atomic mass is 19.1. The van der Waals surface area contributed by atoms with Crippen LogP contribution in [0.1, 0.15) is 5.56 Å². The van der Waals surface area contributed by atoms with Crippen LogP contribution in [0.4, 0.5) is 15.8 Å². The Balaban J connectivity index is 2.18. The fraction of sp³-hybridized carbons (Fsp3) is 0.143. The van der Waals surface area contributed by atoms with Gasteiger partial charge in [0.1, 0.15) is 11.6 Å². The second-order valence-corrected chi connectivity index (χ2v) is 4.27. The van der Waals surface area contributed by atoms with Crippen LogP contribution in [-0.4, -0.2) is 12.2 Å². The van der Waals surface area contributed by atoms with Crippen LogP contribution in [-0.2, 0) is 6.54 Å². The van der Waals surface area contributed by atoms with Crippen LogP contribution in [0.25, 0.3) is 0 Å². The van der Waals surface area contributed by atoms with Crippen molar-refractivity contribution < 1.29 is 9.50 Å². The molecule has 0 bridgehead atoms. The molecular formula is C14H15FN2O. The summed E-state index contributed by atoms with van der Waals surface area (Å²) in [7, 11) is 1.87. The first-order valence-corrected chi connectivity index (χ1v) is 5.60. The summed E-state index contributed by atoms with van der Waals surface area (Å²) in [5.41, 5.74) is 7.66. The number of hydrogen-bond donors (Lipinski definition) is 2. The lowest BCUT2D eigenvalue weighted by Gasteiger charge is -2.19. The quantitative estimate of drug-likeness (QED) is 0.819. The predicted octanol–water partition coefficient (Wildman–Crippen LogP) is 2.75. The summed E-state index contributed by atoms with van der Waals surface area (Å²) in [6, 6.07) is 11.4. The molecule has 3 nitrogen and oxygen atoms in total. The first-order valence-electron chi connectivity index (χ1n) is 5.60. The van der Waals surface area contributed by atoms with Crippen LogP contribution < -0.4 is 10.6 Å². The molecule has 3 N–H and O–H groups in total. The Morgan fingerprint density at radius 2 is 2.00 bits per heavy atom. The van der Waals surface area contributed by atoms with Crippen molar-refractivity contribution in [3.05, 3.63) is 53.8 Å². The van der Waals surface area contributed by atoms with Gasteiger partial charge in [0, 0.05) is 31.0 Å². The maximum atomic E-state index is 13.2. The zero-order valence-corrected chi connectivity index (χ0v) is 10.1. The van der Waals surface area contributed by atoms with Gasteiger partial charge in [-0.2, -0.15) is 0 Å². The molecule has 18 heavy (non-hydrogen) atoms. The summed E-state index contributed by atoms with van der Waals surface area (Å²) >= 11 is 0. The first-order chi connectivity index (χ1) is 8.54. The van der Waals surface area contributed by atoms with E-state index in [1.54, 1.807) is 24.3 Å². The van der Waals surface area contributed by atoms with E-state index in [1.807, 2.05) is 18.0 Å². The fourth-order valence-corrected chi connectivity index (χ4v) is 1.86. The van der Waals surface area contributed by atoms with Gasteiger partial charge in [-0.05, 0) is 35.9 Å². The molecule has 0 spiro atoms. The van der Waals surface area contributed by atoms with E-state index in [-0.39, 0.29) is 11.6 Å². The number of rotatable bonds is 3. The molecule has 0 aliphatic carbocycles. The average molecular weight is 246 g/mol. The van der Waals surface area contributed by atoms with Crippen LogP contribution in [0.3, 0.4) is 0 Å². The van der Waals surface area contributed by atoms with E-state index in [2.05, 4.69) is 0 Å². The van der Waals surface area contributed by atoms with Crippen LogP contribution in [0.5, 0.6) is 5.75 Å². The number of anilines is 2. The molecule has 0 radical (unpaired) electrons. The Morgan fingerprint density at radius 1 is 1.22 bits per heavy atom. The molecule has 94 valence electrons. The van der Waals surface area contributed by atoms with Crippen molar-refractivity contribution in [2.75, 3.05) is 17.7 Å². The van der Waals surface area contributed by atoms with Gasteiger partial charge in [0.05, 0.1) is 0 Å². The molecule has 0 unspecified atom stereocenters. The highest BCUT2D eigenvalue weighted by molar-refractivity contribution is 5.51. The highest BCUT2D eigenvalue weighted by Crippen LogP contribution is 2.21. The van der Waals surface area contributed by atoms with E-state index in [0.717, 1.165) is 11.3 Å². The van der Waals surface area contributed by atoms with Crippen LogP contribution in [0.2, 0.25) is 0 Å². The fourth-order valence-electron chi connectivity index (χ4n) is 1.86. The van der Waals surface area contributed by atoms with Crippen molar-refractivity contribution in [3.63, 3.8) is 0 Å². The molecule has 0 saturated carbocycles. The topological polar surface area (TPSA) is 49.5 Å². The molecule has 0 aliphatic rings. The number of benzene rings is 2. The van der Waals surface area contributed by atoms with Crippen LogP contribution >= 0.6 is 0 Å². The summed E-state index contributed by atoms with van der Waals surface area (Å²) in [5.74, 6) is -0.132. The van der Waals surface area contributed by atoms with Gasteiger partial charge >= 0.3 is 0 Å². The maximum Gasteiger partial charge on any atom is 0.125 e. The zero-order valence-electron chi connectivity index (χ0n) is 10.1. The summed E-state index contributed by atoms with van der Waals surface area (Å²) in [5, 5.41) is 9.41. The standard InChI is InChI=1S/C14H15FN2O/c1-17(13-3-2-4-14(18)8-13)9-10-5-11(15)7-12(16)6-10/h2-8,18H,9,16H2,1H3. The van der Waals surface area contributed by atoms with E-state index in [9.17, 15) is 9.50 Å². The first kappa shape index (κ1) is 12.2. The largest absolute Gasteiger partial charge is 0.508 e. The lowest BCUT2D eigenvalue weighted by Crippen LogP contribution is -2.16. The monoisotopic (exact) mass is 246 g/mol. The molecule has 2 aromatic rings. The molecular weight excluding hydrogens is 231 g/mol. The Bertz CT molecular complexity index is 537. The maximum absolute atomic E-state index is 13.2.